The molecule has 1 aliphatic heterocycles. The van der Waals surface area contributed by atoms with Crippen molar-refractivity contribution in [2.45, 2.75) is 18.9 Å². The molecule has 2 N–H and O–H groups in total. The van der Waals surface area contributed by atoms with E-state index in [4.69, 9.17) is 5.73 Å². The van der Waals surface area contributed by atoms with E-state index in [0.717, 1.165) is 11.8 Å². The van der Waals surface area contributed by atoms with Gasteiger partial charge < -0.3 is 5.73 Å². The van der Waals surface area contributed by atoms with Crippen LogP contribution in [0.15, 0.2) is 0 Å². The van der Waals surface area contributed by atoms with E-state index in [0.29, 0.717) is 12.2 Å². The van der Waals surface area contributed by atoms with E-state index in [1.165, 1.54) is 6.92 Å². The summed E-state index contributed by atoms with van der Waals surface area (Å²) in [5, 5.41) is -0.181. The van der Waals surface area contributed by atoms with Gasteiger partial charge in [-0.2, -0.15) is 0 Å². The highest BCUT2D eigenvalue weighted by Crippen LogP contribution is 2.27. The third-order valence-corrected chi connectivity index (χ3v) is 2.76. The Balaban J connectivity index is 2.86. The van der Waals surface area contributed by atoms with Gasteiger partial charge in [-0.25, -0.2) is 0 Å². The Morgan fingerprint density at radius 1 is 1.80 bits per heavy atom. The van der Waals surface area contributed by atoms with Crippen LogP contribution in [-0.2, 0) is 9.59 Å². The Kier molecular flexibility index (Phi) is 1.83. The fourth-order valence-corrected chi connectivity index (χ4v) is 1.97. The number of carbonyl (C=O) groups is 2. The van der Waals surface area contributed by atoms with Crippen molar-refractivity contribution in [2.24, 2.45) is 5.73 Å². The largest absolute Gasteiger partial charge is 0.312 e. The van der Waals surface area contributed by atoms with Crippen molar-refractivity contribution in [3.63, 3.8) is 0 Å². The van der Waals surface area contributed by atoms with Gasteiger partial charge in [0.2, 0.25) is 5.12 Å². The number of hydrogen-bond acceptors (Lipinski definition) is 4. The molecule has 1 atom stereocenters. The molecular weight excluding hydrogens is 150 g/mol. The second kappa shape index (κ2) is 2.36. The molecule has 0 saturated carbocycles. The summed E-state index contributed by atoms with van der Waals surface area (Å²) >= 11 is 1.15. The first-order valence-corrected chi connectivity index (χ1v) is 4.03. The molecule has 1 rings (SSSR count). The Morgan fingerprint density at radius 3 is 2.60 bits per heavy atom. The van der Waals surface area contributed by atoms with Gasteiger partial charge in [-0.15, -0.1) is 0 Å². The van der Waals surface area contributed by atoms with E-state index < -0.39 is 5.54 Å². The predicted octanol–water partition coefficient (Wildman–Crippen LogP) is -0.0636. The van der Waals surface area contributed by atoms with Crippen LogP contribution in [0.3, 0.4) is 0 Å². The zero-order valence-corrected chi connectivity index (χ0v) is 6.53. The molecule has 10 heavy (non-hydrogen) atoms. The first-order chi connectivity index (χ1) is 4.57. The molecule has 0 aliphatic carbocycles. The van der Waals surface area contributed by atoms with Crippen LogP contribution in [0.4, 0.5) is 0 Å². The van der Waals surface area contributed by atoms with Crippen LogP contribution in [0.2, 0.25) is 0 Å². The fourth-order valence-electron chi connectivity index (χ4n) is 0.855. The highest BCUT2D eigenvalue weighted by Gasteiger charge is 2.43. The quantitative estimate of drug-likeness (QED) is 0.544. The molecule has 3 nitrogen and oxygen atoms in total. The van der Waals surface area contributed by atoms with Crippen molar-refractivity contribution in [3.05, 3.63) is 0 Å². The van der Waals surface area contributed by atoms with Crippen molar-refractivity contribution in [3.8, 4) is 0 Å². The second-order valence-corrected chi connectivity index (χ2v) is 3.48. The van der Waals surface area contributed by atoms with Gasteiger partial charge in [0.05, 0.1) is 0 Å². The number of Topliss-reactive ketones (excluding diaryl/α,β-unsaturated/α-hetero) is 1. The number of hydrogen-bond donors (Lipinski definition) is 1. The lowest BCUT2D eigenvalue weighted by molar-refractivity contribution is -0.128. The van der Waals surface area contributed by atoms with Crippen LogP contribution >= 0.6 is 11.8 Å². The molecule has 1 fully saturated rings. The zero-order chi connectivity index (χ0) is 7.78. The molecule has 1 heterocycles. The summed E-state index contributed by atoms with van der Waals surface area (Å²) in [5.41, 5.74) is 4.36. The number of nitrogens with two attached hydrogens (primary N) is 1. The van der Waals surface area contributed by atoms with Gasteiger partial charge >= 0.3 is 0 Å². The smallest absolute Gasteiger partial charge is 0.216 e. The molecule has 0 spiro atoms. The maximum Gasteiger partial charge on any atom is 0.216 e. The number of carbonyl (C=O) groups excluding carboxylic acids is 2. The molecule has 0 aromatic heterocycles. The van der Waals surface area contributed by atoms with E-state index in [-0.39, 0.29) is 10.9 Å². The molecule has 1 aliphatic rings. The Labute approximate surface area is 63.3 Å². The summed E-state index contributed by atoms with van der Waals surface area (Å²) in [5.74, 6) is 0.456. The third-order valence-electron chi connectivity index (χ3n) is 1.72. The lowest BCUT2D eigenvalue weighted by atomic mass is 9.95. The summed E-state index contributed by atoms with van der Waals surface area (Å²) in [6, 6.07) is 0. The van der Waals surface area contributed by atoms with Crippen molar-refractivity contribution in [2.75, 3.05) is 5.75 Å². The molecule has 0 aromatic carbocycles. The van der Waals surface area contributed by atoms with Gasteiger partial charge in [0.25, 0.3) is 0 Å². The van der Waals surface area contributed by atoms with Gasteiger partial charge in [0.1, 0.15) is 5.54 Å². The van der Waals surface area contributed by atoms with Crippen molar-refractivity contribution in [1.29, 1.82) is 0 Å². The number of ketones is 1. The van der Waals surface area contributed by atoms with Crippen LogP contribution < -0.4 is 5.73 Å². The SMILES string of the molecule is CC(=O)C1(N)CCSC1=O. The molecule has 0 bridgehead atoms. The molecule has 1 unspecified atom stereocenters. The van der Waals surface area contributed by atoms with Crippen LogP contribution in [0.25, 0.3) is 0 Å². The lowest BCUT2D eigenvalue weighted by Gasteiger charge is -2.15. The molecule has 0 amide bonds. The predicted molar refractivity (Wildman–Crippen MR) is 39.7 cm³/mol. The van der Waals surface area contributed by atoms with Crippen LogP contribution in [-0.4, -0.2) is 22.2 Å². The highest BCUT2D eigenvalue weighted by atomic mass is 32.2. The minimum atomic E-state index is -1.16. The number of rotatable bonds is 1. The van der Waals surface area contributed by atoms with Crippen LogP contribution in [0.1, 0.15) is 13.3 Å². The van der Waals surface area contributed by atoms with Crippen molar-refractivity contribution >= 4 is 22.7 Å². The Morgan fingerprint density at radius 2 is 2.40 bits per heavy atom. The summed E-state index contributed by atoms with van der Waals surface area (Å²) in [4.78, 5) is 21.8. The molecule has 4 heteroatoms. The monoisotopic (exact) mass is 159 g/mol. The van der Waals surface area contributed by atoms with Gasteiger partial charge in [0.15, 0.2) is 5.78 Å². The average Bonchev–Trinajstić information content (AvgIpc) is 2.15. The maximum absolute atomic E-state index is 11.0. The topological polar surface area (TPSA) is 60.2 Å². The summed E-state index contributed by atoms with van der Waals surface area (Å²) in [6.07, 6.45) is 0.492. The normalized spacial score (nSPS) is 32.8. The van der Waals surface area contributed by atoms with E-state index >= 15 is 0 Å². The van der Waals surface area contributed by atoms with E-state index in [9.17, 15) is 9.59 Å². The molecular formula is C6H9NO2S. The Bertz CT molecular complexity index is 192. The first-order valence-electron chi connectivity index (χ1n) is 3.04. The summed E-state index contributed by atoms with van der Waals surface area (Å²) in [7, 11) is 0. The zero-order valence-electron chi connectivity index (χ0n) is 5.72. The van der Waals surface area contributed by atoms with Crippen LogP contribution in [0, 0.1) is 0 Å². The number of thioether (sulfide) groups is 1. The summed E-state index contributed by atoms with van der Waals surface area (Å²) < 4.78 is 0. The van der Waals surface area contributed by atoms with Gasteiger partial charge in [-0.05, 0) is 13.3 Å². The van der Waals surface area contributed by atoms with Crippen molar-refractivity contribution < 1.29 is 9.59 Å². The van der Waals surface area contributed by atoms with E-state index in [1.54, 1.807) is 0 Å². The summed E-state index contributed by atoms with van der Waals surface area (Å²) in [6.45, 7) is 1.36. The Hall–Kier alpha value is -0.350. The standard InChI is InChI=1S/C6H9NO2S/c1-4(8)6(7)2-3-10-5(6)9/h2-3,7H2,1H3. The van der Waals surface area contributed by atoms with Crippen LogP contribution in [0.5, 0.6) is 0 Å². The molecule has 0 radical (unpaired) electrons. The second-order valence-electron chi connectivity index (χ2n) is 2.41. The third kappa shape index (κ3) is 0.973. The van der Waals surface area contributed by atoms with E-state index in [2.05, 4.69) is 0 Å². The minimum Gasteiger partial charge on any atom is -0.312 e. The fraction of sp³-hybridized carbons (Fsp3) is 0.667. The van der Waals surface area contributed by atoms with E-state index in [1.807, 2.05) is 0 Å². The minimum absolute atomic E-state index is 0.181. The molecule has 56 valence electrons. The first kappa shape index (κ1) is 7.75. The maximum atomic E-state index is 11.0. The average molecular weight is 159 g/mol. The molecule has 0 aromatic rings. The van der Waals surface area contributed by atoms with Crippen molar-refractivity contribution in [1.82, 2.24) is 0 Å². The van der Waals surface area contributed by atoms with Gasteiger partial charge in [0, 0.05) is 5.75 Å². The van der Waals surface area contributed by atoms with Gasteiger partial charge in [-0.1, -0.05) is 11.8 Å². The highest BCUT2D eigenvalue weighted by molar-refractivity contribution is 8.14. The lowest BCUT2D eigenvalue weighted by Crippen LogP contribution is -2.49. The molecule has 1 saturated heterocycles. The van der Waals surface area contributed by atoms with Gasteiger partial charge in [-0.3, -0.25) is 9.59 Å².